The predicted molar refractivity (Wildman–Crippen MR) is 79.0 cm³/mol. The van der Waals surface area contributed by atoms with Gasteiger partial charge in [0.15, 0.2) is 0 Å². The van der Waals surface area contributed by atoms with Crippen molar-refractivity contribution in [1.82, 2.24) is 0 Å². The number of methoxy groups -OCH3 is 2. The van der Waals surface area contributed by atoms with Gasteiger partial charge in [-0.15, -0.1) is 0 Å². The van der Waals surface area contributed by atoms with Gasteiger partial charge in [-0.1, -0.05) is 0 Å². The van der Waals surface area contributed by atoms with Crippen LogP contribution < -0.4 is 0 Å². The van der Waals surface area contributed by atoms with E-state index in [1.165, 1.54) is 13.5 Å². The summed E-state index contributed by atoms with van der Waals surface area (Å²) in [4.78, 5) is 24.7. The molecule has 0 aliphatic heterocycles. The first-order chi connectivity index (χ1) is 10.5. The minimum absolute atomic E-state index is 0.0787. The Hall–Kier alpha value is -1.36. The van der Waals surface area contributed by atoms with Crippen molar-refractivity contribution >= 4 is 11.9 Å². The van der Waals surface area contributed by atoms with Crippen molar-refractivity contribution in [3.05, 3.63) is 11.1 Å². The Morgan fingerprint density at radius 2 is 1.73 bits per heavy atom. The average molecular weight is 308 g/mol. The molecule has 22 heavy (non-hydrogen) atoms. The summed E-state index contributed by atoms with van der Waals surface area (Å²) in [7, 11) is 2.99. The highest BCUT2D eigenvalue weighted by Crippen LogP contribution is 2.60. The third-order valence-electron chi connectivity index (χ3n) is 5.57. The van der Waals surface area contributed by atoms with Gasteiger partial charge in [0.25, 0.3) is 0 Å². The van der Waals surface area contributed by atoms with E-state index in [4.69, 9.17) is 14.2 Å². The summed E-state index contributed by atoms with van der Waals surface area (Å²) in [5.41, 5.74) is 0.438. The lowest BCUT2D eigenvalue weighted by atomic mass is 9.51. The molecule has 0 spiro atoms. The van der Waals surface area contributed by atoms with Crippen LogP contribution in [-0.4, -0.2) is 38.4 Å². The molecule has 0 N–H and O–H groups in total. The van der Waals surface area contributed by atoms with Crippen LogP contribution >= 0.6 is 0 Å². The normalized spacial score (nSPS) is 37.9. The van der Waals surface area contributed by atoms with E-state index in [1.807, 2.05) is 0 Å². The number of hydrogen-bond acceptors (Lipinski definition) is 5. The van der Waals surface area contributed by atoms with E-state index in [-0.39, 0.29) is 18.1 Å². The summed E-state index contributed by atoms with van der Waals surface area (Å²) < 4.78 is 15.9. The van der Waals surface area contributed by atoms with Gasteiger partial charge in [0, 0.05) is 7.11 Å². The van der Waals surface area contributed by atoms with Gasteiger partial charge in [0.2, 0.25) is 0 Å². The summed E-state index contributed by atoms with van der Waals surface area (Å²) in [5, 5.41) is 0. The maximum absolute atomic E-state index is 12.4. The molecule has 0 amide bonds. The lowest BCUT2D eigenvalue weighted by molar-refractivity contribution is -0.147. The minimum atomic E-state index is -0.600. The van der Waals surface area contributed by atoms with Crippen LogP contribution in [0.5, 0.6) is 0 Å². The van der Waals surface area contributed by atoms with E-state index in [2.05, 4.69) is 0 Å². The van der Waals surface area contributed by atoms with Crippen LogP contribution in [0.1, 0.15) is 39.0 Å². The molecule has 122 valence electrons. The van der Waals surface area contributed by atoms with Crippen LogP contribution in [0.4, 0.5) is 0 Å². The molecule has 4 aliphatic carbocycles. The van der Waals surface area contributed by atoms with E-state index in [0.29, 0.717) is 11.8 Å². The molecular formula is C17H24O5. The zero-order valence-electron chi connectivity index (χ0n) is 13.5. The molecule has 4 rings (SSSR count). The lowest BCUT2D eigenvalue weighted by Crippen LogP contribution is -2.54. The maximum Gasteiger partial charge on any atom is 0.345 e. The Kier molecular flexibility index (Phi) is 4.02. The fraction of sp³-hybridized carbons (Fsp3) is 0.765. The molecule has 5 nitrogen and oxygen atoms in total. The molecule has 5 heteroatoms. The van der Waals surface area contributed by atoms with E-state index in [1.54, 1.807) is 14.0 Å². The molecule has 4 fully saturated rings. The van der Waals surface area contributed by atoms with Crippen molar-refractivity contribution in [3.8, 4) is 0 Å². The Balaban J connectivity index is 2.11. The van der Waals surface area contributed by atoms with Crippen LogP contribution in [0.15, 0.2) is 11.1 Å². The zero-order chi connectivity index (χ0) is 15.9. The van der Waals surface area contributed by atoms with Gasteiger partial charge in [0.1, 0.15) is 5.57 Å². The van der Waals surface area contributed by atoms with Gasteiger partial charge >= 0.3 is 11.9 Å². The minimum Gasteiger partial charge on any atom is -0.465 e. The number of rotatable bonds is 4. The van der Waals surface area contributed by atoms with Gasteiger partial charge in [-0.05, 0) is 62.4 Å². The molecule has 0 saturated heterocycles. The molecule has 0 heterocycles. The van der Waals surface area contributed by atoms with Crippen molar-refractivity contribution in [2.24, 2.45) is 17.8 Å². The number of esters is 2. The first-order valence-corrected chi connectivity index (χ1v) is 8.09. The van der Waals surface area contributed by atoms with Crippen molar-refractivity contribution < 1.29 is 23.8 Å². The average Bonchev–Trinajstić information content (AvgIpc) is 2.49. The highest BCUT2D eigenvalue weighted by atomic mass is 16.5. The van der Waals surface area contributed by atoms with Crippen LogP contribution in [-0.2, 0) is 23.8 Å². The molecule has 0 radical (unpaired) electrons. The van der Waals surface area contributed by atoms with E-state index < -0.39 is 17.5 Å². The van der Waals surface area contributed by atoms with Gasteiger partial charge in [-0.25, -0.2) is 9.59 Å². The van der Waals surface area contributed by atoms with Gasteiger partial charge in [-0.3, -0.25) is 0 Å². The third kappa shape index (κ3) is 2.26. The first-order valence-electron chi connectivity index (χ1n) is 8.09. The highest BCUT2D eigenvalue weighted by molar-refractivity contribution is 6.15. The zero-order valence-corrected chi connectivity index (χ0v) is 13.5. The summed E-state index contributed by atoms with van der Waals surface area (Å²) in [5.74, 6) is 0.347. The number of ether oxygens (including phenoxy) is 3. The topological polar surface area (TPSA) is 61.8 Å². The maximum atomic E-state index is 12.4. The fourth-order valence-electron chi connectivity index (χ4n) is 5.06. The van der Waals surface area contributed by atoms with Crippen LogP contribution in [0.2, 0.25) is 0 Å². The predicted octanol–water partition coefficient (Wildman–Crippen LogP) is 2.24. The van der Waals surface area contributed by atoms with Crippen molar-refractivity contribution in [3.63, 3.8) is 0 Å². The first kappa shape index (κ1) is 15.5. The fourth-order valence-corrected chi connectivity index (χ4v) is 5.06. The van der Waals surface area contributed by atoms with E-state index in [0.717, 1.165) is 31.3 Å². The second-order valence-electron chi connectivity index (χ2n) is 6.74. The molecular weight excluding hydrogens is 284 g/mol. The molecule has 0 aromatic rings. The number of hydrogen-bond donors (Lipinski definition) is 0. The van der Waals surface area contributed by atoms with Crippen LogP contribution in [0.3, 0.4) is 0 Å². The molecule has 4 aliphatic rings. The Bertz CT molecular complexity index is 507. The molecule has 4 saturated carbocycles. The Labute approximate surface area is 131 Å². The Morgan fingerprint density at radius 1 is 1.09 bits per heavy atom. The van der Waals surface area contributed by atoms with Crippen molar-refractivity contribution in [1.29, 1.82) is 0 Å². The molecule has 0 aromatic carbocycles. The van der Waals surface area contributed by atoms with Crippen LogP contribution in [0.25, 0.3) is 0 Å². The summed E-state index contributed by atoms with van der Waals surface area (Å²) in [6.45, 7) is 1.98. The lowest BCUT2D eigenvalue weighted by Gasteiger charge is -2.57. The summed E-state index contributed by atoms with van der Waals surface area (Å²) in [6.07, 6.45) is 5.12. The van der Waals surface area contributed by atoms with E-state index in [9.17, 15) is 9.59 Å². The van der Waals surface area contributed by atoms with E-state index >= 15 is 0 Å². The Morgan fingerprint density at radius 3 is 2.23 bits per heavy atom. The number of carbonyl (C=O) groups excluding carboxylic acids is 2. The van der Waals surface area contributed by atoms with Gasteiger partial charge in [0.05, 0.1) is 19.3 Å². The largest absolute Gasteiger partial charge is 0.465 e. The second-order valence-corrected chi connectivity index (χ2v) is 6.74. The van der Waals surface area contributed by atoms with Crippen molar-refractivity contribution in [2.75, 3.05) is 20.8 Å². The van der Waals surface area contributed by atoms with Gasteiger partial charge < -0.3 is 14.2 Å². The van der Waals surface area contributed by atoms with Crippen molar-refractivity contribution in [2.45, 2.75) is 44.6 Å². The number of carbonyl (C=O) groups is 2. The van der Waals surface area contributed by atoms with Crippen LogP contribution in [0, 0.1) is 17.8 Å². The summed E-state index contributed by atoms with van der Waals surface area (Å²) in [6, 6.07) is 0. The second kappa shape index (κ2) is 5.69. The molecule has 4 bridgehead atoms. The molecule has 2 atom stereocenters. The highest BCUT2D eigenvalue weighted by Gasteiger charge is 2.57. The monoisotopic (exact) mass is 308 g/mol. The molecule has 0 aromatic heterocycles. The molecule has 2 unspecified atom stereocenters. The quantitative estimate of drug-likeness (QED) is 0.345. The van der Waals surface area contributed by atoms with Gasteiger partial charge in [-0.2, -0.15) is 0 Å². The summed E-state index contributed by atoms with van der Waals surface area (Å²) >= 11 is 0. The standard InChI is InChI=1S/C17H24O5/c1-4-22-16(19)13(15(18)20-2)14-12-6-10-5-11(7-12)9-17(14,8-10)21-3/h10-12H,4-9H2,1-3H3/b14-13+. The smallest absolute Gasteiger partial charge is 0.345 e. The third-order valence-corrected chi connectivity index (χ3v) is 5.57. The SMILES string of the molecule is CCOC(=O)/C(C(=O)OC)=C1\C2CC3CC(C2)CC1(OC)C3.